The Morgan fingerprint density at radius 2 is 2.17 bits per heavy atom. The van der Waals surface area contributed by atoms with Crippen LogP contribution in [-0.2, 0) is 0 Å². The predicted molar refractivity (Wildman–Crippen MR) is 78.5 cm³/mol. The molecule has 0 fully saturated rings. The molecular weight excluding hydrogens is 288 g/mol. The molecule has 1 aliphatic rings. The zero-order valence-corrected chi connectivity index (χ0v) is 12.0. The van der Waals surface area contributed by atoms with E-state index in [1.54, 1.807) is 5.57 Å². The molecule has 0 amide bonds. The minimum Gasteiger partial charge on any atom is -0.385 e. The molecule has 1 aromatic carbocycles. The van der Waals surface area contributed by atoms with Gasteiger partial charge in [-0.3, -0.25) is 0 Å². The van der Waals surface area contributed by atoms with Crippen molar-refractivity contribution in [1.82, 2.24) is 0 Å². The lowest BCUT2D eigenvalue weighted by Crippen LogP contribution is -2.04. The van der Waals surface area contributed by atoms with Crippen molar-refractivity contribution in [2.75, 3.05) is 11.9 Å². The van der Waals surface area contributed by atoms with Gasteiger partial charge in [0.15, 0.2) is 0 Å². The van der Waals surface area contributed by atoms with Gasteiger partial charge in [-0.1, -0.05) is 27.6 Å². The van der Waals surface area contributed by atoms with E-state index in [1.807, 2.05) is 18.2 Å². The number of allylic oxidation sites excluding steroid dienone is 1. The van der Waals surface area contributed by atoms with E-state index in [9.17, 15) is 0 Å². The second-order valence-electron chi connectivity index (χ2n) is 4.63. The van der Waals surface area contributed by atoms with Crippen molar-refractivity contribution in [3.63, 3.8) is 0 Å². The van der Waals surface area contributed by atoms with Crippen molar-refractivity contribution in [2.24, 2.45) is 0 Å². The Kier molecular flexibility index (Phi) is 4.83. The Morgan fingerprint density at radius 3 is 2.89 bits per heavy atom. The molecule has 94 valence electrons. The molecule has 0 atom stereocenters. The van der Waals surface area contributed by atoms with Crippen LogP contribution < -0.4 is 5.32 Å². The van der Waals surface area contributed by atoms with Crippen LogP contribution in [0.2, 0.25) is 0 Å². The highest BCUT2D eigenvalue weighted by atomic mass is 79.9. The van der Waals surface area contributed by atoms with Gasteiger partial charge in [-0.25, -0.2) is 0 Å². The molecule has 1 N–H and O–H groups in total. The molecule has 2 rings (SSSR count). The maximum absolute atomic E-state index is 8.91. The number of nitrogens with zero attached hydrogens (tertiary/aromatic N) is 1. The van der Waals surface area contributed by atoms with E-state index in [-0.39, 0.29) is 0 Å². The fourth-order valence-corrected chi connectivity index (χ4v) is 2.75. The first-order chi connectivity index (χ1) is 8.78. The summed E-state index contributed by atoms with van der Waals surface area (Å²) in [6.45, 7) is 0.938. The van der Waals surface area contributed by atoms with Gasteiger partial charge in [0.1, 0.15) is 0 Å². The third kappa shape index (κ3) is 3.89. The van der Waals surface area contributed by atoms with Crippen LogP contribution in [0.5, 0.6) is 0 Å². The van der Waals surface area contributed by atoms with Gasteiger partial charge in [0.25, 0.3) is 0 Å². The molecule has 0 bridgehead atoms. The summed E-state index contributed by atoms with van der Waals surface area (Å²) < 4.78 is 0.945. The molecule has 1 aromatic rings. The first kappa shape index (κ1) is 13.2. The molecule has 18 heavy (non-hydrogen) atoms. The Bertz CT molecular complexity index is 486. The van der Waals surface area contributed by atoms with Crippen LogP contribution >= 0.6 is 15.9 Å². The lowest BCUT2D eigenvalue weighted by molar-refractivity contribution is 0.679. The summed E-state index contributed by atoms with van der Waals surface area (Å²) in [6.07, 6.45) is 8.66. The van der Waals surface area contributed by atoms with Crippen molar-refractivity contribution in [2.45, 2.75) is 32.1 Å². The maximum Gasteiger partial charge on any atom is 0.0992 e. The number of benzene rings is 1. The van der Waals surface area contributed by atoms with E-state index in [2.05, 4.69) is 33.4 Å². The second-order valence-corrected chi connectivity index (χ2v) is 5.54. The molecular formula is C15H17BrN2. The molecule has 0 heterocycles. The fraction of sp³-hybridized carbons (Fsp3) is 0.400. The minimum absolute atomic E-state index is 0.684. The molecule has 0 saturated carbocycles. The Hall–Kier alpha value is -1.27. The van der Waals surface area contributed by atoms with Crippen molar-refractivity contribution in [1.29, 1.82) is 5.26 Å². The van der Waals surface area contributed by atoms with Gasteiger partial charge < -0.3 is 5.32 Å². The molecule has 2 nitrogen and oxygen atoms in total. The van der Waals surface area contributed by atoms with Gasteiger partial charge in [0, 0.05) is 16.7 Å². The molecule has 0 saturated heterocycles. The average molecular weight is 305 g/mol. The summed E-state index contributed by atoms with van der Waals surface area (Å²) in [6, 6.07) is 7.89. The molecule has 0 aliphatic heterocycles. The molecule has 0 radical (unpaired) electrons. The van der Waals surface area contributed by atoms with Crippen LogP contribution in [-0.4, -0.2) is 6.54 Å². The summed E-state index contributed by atoms with van der Waals surface area (Å²) in [7, 11) is 0. The van der Waals surface area contributed by atoms with Gasteiger partial charge in [0.05, 0.1) is 11.6 Å². The highest BCUT2D eigenvalue weighted by Gasteiger charge is 2.03. The minimum atomic E-state index is 0.684. The number of nitrogens with one attached hydrogen (secondary N) is 1. The second kappa shape index (κ2) is 6.61. The zero-order valence-electron chi connectivity index (χ0n) is 10.4. The maximum atomic E-state index is 8.91. The Morgan fingerprint density at radius 1 is 1.28 bits per heavy atom. The van der Waals surface area contributed by atoms with Gasteiger partial charge in [-0.15, -0.1) is 0 Å². The van der Waals surface area contributed by atoms with Gasteiger partial charge >= 0.3 is 0 Å². The first-order valence-corrected chi connectivity index (χ1v) is 7.20. The van der Waals surface area contributed by atoms with E-state index >= 15 is 0 Å². The number of nitriles is 1. The van der Waals surface area contributed by atoms with Crippen LogP contribution in [0.3, 0.4) is 0 Å². The van der Waals surface area contributed by atoms with E-state index in [0.717, 1.165) is 23.1 Å². The summed E-state index contributed by atoms with van der Waals surface area (Å²) in [5.41, 5.74) is 3.27. The Balaban J connectivity index is 1.88. The molecule has 3 heteroatoms. The smallest absolute Gasteiger partial charge is 0.0992 e. The summed E-state index contributed by atoms with van der Waals surface area (Å²) in [5.74, 6) is 0. The quantitative estimate of drug-likeness (QED) is 0.824. The SMILES string of the molecule is N#Cc1cc(Br)cc(NCCC2=CCCCC2)c1. The molecule has 0 aromatic heterocycles. The fourth-order valence-electron chi connectivity index (χ4n) is 2.26. The van der Waals surface area contributed by atoms with Crippen molar-refractivity contribution >= 4 is 21.6 Å². The van der Waals surface area contributed by atoms with Crippen molar-refractivity contribution in [3.05, 3.63) is 39.9 Å². The third-order valence-electron chi connectivity index (χ3n) is 3.19. The molecule has 1 aliphatic carbocycles. The van der Waals surface area contributed by atoms with E-state index in [0.29, 0.717) is 5.56 Å². The van der Waals surface area contributed by atoms with Crippen molar-refractivity contribution in [3.8, 4) is 6.07 Å². The highest BCUT2D eigenvalue weighted by molar-refractivity contribution is 9.10. The average Bonchev–Trinajstić information content (AvgIpc) is 2.39. The number of hydrogen-bond donors (Lipinski definition) is 1. The predicted octanol–water partition coefficient (Wildman–Crippen LogP) is 4.62. The van der Waals surface area contributed by atoms with Crippen LogP contribution in [0, 0.1) is 11.3 Å². The first-order valence-electron chi connectivity index (χ1n) is 6.40. The van der Waals surface area contributed by atoms with Crippen LogP contribution in [0.25, 0.3) is 0 Å². The van der Waals surface area contributed by atoms with Gasteiger partial charge in [0.2, 0.25) is 0 Å². The summed E-state index contributed by atoms with van der Waals surface area (Å²) in [5, 5.41) is 12.3. The van der Waals surface area contributed by atoms with E-state index in [1.165, 1.54) is 25.7 Å². The third-order valence-corrected chi connectivity index (χ3v) is 3.64. The number of rotatable bonds is 4. The van der Waals surface area contributed by atoms with Crippen molar-refractivity contribution < 1.29 is 0 Å². The van der Waals surface area contributed by atoms with Gasteiger partial charge in [-0.05, 0) is 50.3 Å². The lowest BCUT2D eigenvalue weighted by Gasteiger charge is -2.13. The normalized spacial score (nSPS) is 14.8. The summed E-state index contributed by atoms with van der Waals surface area (Å²) in [4.78, 5) is 0. The Labute approximate surface area is 117 Å². The van der Waals surface area contributed by atoms with E-state index < -0.39 is 0 Å². The summed E-state index contributed by atoms with van der Waals surface area (Å²) >= 11 is 3.42. The molecule has 0 unspecified atom stereocenters. The van der Waals surface area contributed by atoms with Crippen LogP contribution in [0.4, 0.5) is 5.69 Å². The number of anilines is 1. The zero-order chi connectivity index (χ0) is 12.8. The largest absolute Gasteiger partial charge is 0.385 e. The topological polar surface area (TPSA) is 35.8 Å². The van der Waals surface area contributed by atoms with Crippen LogP contribution in [0.15, 0.2) is 34.3 Å². The monoisotopic (exact) mass is 304 g/mol. The standard InChI is InChI=1S/C15H17BrN2/c16-14-8-13(11-17)9-15(10-14)18-7-6-12-4-2-1-3-5-12/h4,8-10,18H,1-3,5-7H2. The number of halogens is 1. The van der Waals surface area contributed by atoms with E-state index in [4.69, 9.17) is 5.26 Å². The lowest BCUT2D eigenvalue weighted by atomic mass is 9.97. The number of hydrogen-bond acceptors (Lipinski definition) is 2. The van der Waals surface area contributed by atoms with Gasteiger partial charge in [-0.2, -0.15) is 5.26 Å². The molecule has 0 spiro atoms. The van der Waals surface area contributed by atoms with Crippen LogP contribution in [0.1, 0.15) is 37.7 Å². The highest BCUT2D eigenvalue weighted by Crippen LogP contribution is 2.22.